The molecule has 124 valence electrons. The monoisotopic (exact) mass is 314 g/mol. The molecule has 1 aromatic heterocycles. The Morgan fingerprint density at radius 1 is 1.09 bits per heavy atom. The fraction of sp³-hybridized carbons (Fsp3) is 0.706. The summed E-state index contributed by atoms with van der Waals surface area (Å²) in [7, 11) is 2.21. The maximum atomic E-state index is 9.48. The zero-order chi connectivity index (χ0) is 16.4. The molecule has 0 bridgehead atoms. The first-order valence-electron chi connectivity index (χ1n) is 8.51. The topological polar surface area (TPSA) is 59.3 Å². The number of piperazine rings is 1. The van der Waals surface area contributed by atoms with Crippen molar-refractivity contribution in [3.05, 3.63) is 16.8 Å². The third-order valence-corrected chi connectivity index (χ3v) is 5.28. The van der Waals surface area contributed by atoms with E-state index >= 15 is 0 Å². The Morgan fingerprint density at radius 3 is 2.48 bits per heavy atom. The Balaban J connectivity index is 1.68. The van der Waals surface area contributed by atoms with Crippen molar-refractivity contribution in [1.29, 1.82) is 5.26 Å². The molecule has 1 unspecified atom stereocenters. The normalized spacial score (nSPS) is 23.7. The largest absolute Gasteiger partial charge is 0.351 e. The number of hydrogen-bond acceptors (Lipinski definition) is 6. The fourth-order valence-corrected chi connectivity index (χ4v) is 3.69. The van der Waals surface area contributed by atoms with E-state index < -0.39 is 0 Å². The van der Waals surface area contributed by atoms with Gasteiger partial charge in [0.1, 0.15) is 11.6 Å². The quantitative estimate of drug-likeness (QED) is 0.817. The van der Waals surface area contributed by atoms with Crippen LogP contribution in [-0.4, -0.2) is 72.4 Å². The van der Waals surface area contributed by atoms with Crippen molar-refractivity contribution < 1.29 is 0 Å². The Bertz CT molecular complexity index is 600. The molecule has 0 saturated carbocycles. The third-order valence-electron chi connectivity index (χ3n) is 5.28. The van der Waals surface area contributed by atoms with E-state index in [-0.39, 0.29) is 0 Å². The van der Waals surface area contributed by atoms with Gasteiger partial charge in [0.2, 0.25) is 0 Å². The lowest BCUT2D eigenvalue weighted by Gasteiger charge is -2.43. The van der Waals surface area contributed by atoms with E-state index in [1.807, 2.05) is 13.8 Å². The lowest BCUT2D eigenvalue weighted by molar-refractivity contribution is 0.106. The number of nitriles is 1. The highest BCUT2D eigenvalue weighted by Crippen LogP contribution is 2.24. The summed E-state index contributed by atoms with van der Waals surface area (Å²) in [5, 5.41) is 18.0. The van der Waals surface area contributed by atoms with Crippen LogP contribution in [0.4, 0.5) is 5.82 Å². The third kappa shape index (κ3) is 3.31. The van der Waals surface area contributed by atoms with E-state index in [9.17, 15) is 5.26 Å². The minimum absolute atomic E-state index is 0.678. The number of piperidine rings is 1. The van der Waals surface area contributed by atoms with Crippen LogP contribution in [0.25, 0.3) is 0 Å². The van der Waals surface area contributed by atoms with Crippen LogP contribution in [0.1, 0.15) is 29.7 Å². The van der Waals surface area contributed by atoms with E-state index in [1.165, 1.54) is 25.9 Å². The van der Waals surface area contributed by atoms with Gasteiger partial charge in [0.15, 0.2) is 5.82 Å². The highest BCUT2D eigenvalue weighted by Gasteiger charge is 2.28. The predicted molar refractivity (Wildman–Crippen MR) is 90.5 cm³/mol. The van der Waals surface area contributed by atoms with Crippen LogP contribution in [0.5, 0.6) is 0 Å². The van der Waals surface area contributed by atoms with Gasteiger partial charge in [0.25, 0.3) is 0 Å². The fourth-order valence-electron chi connectivity index (χ4n) is 3.69. The van der Waals surface area contributed by atoms with Crippen molar-refractivity contribution in [1.82, 2.24) is 20.0 Å². The van der Waals surface area contributed by atoms with Gasteiger partial charge in [0.05, 0.1) is 5.69 Å². The van der Waals surface area contributed by atoms with Gasteiger partial charge < -0.3 is 9.80 Å². The van der Waals surface area contributed by atoms with Crippen molar-refractivity contribution >= 4 is 5.82 Å². The van der Waals surface area contributed by atoms with Crippen molar-refractivity contribution in [3.8, 4) is 6.07 Å². The van der Waals surface area contributed by atoms with Crippen molar-refractivity contribution in [2.45, 2.75) is 32.7 Å². The van der Waals surface area contributed by atoms with Gasteiger partial charge in [-0.3, -0.25) is 4.90 Å². The van der Waals surface area contributed by atoms with Crippen LogP contribution in [0.2, 0.25) is 0 Å². The van der Waals surface area contributed by atoms with Gasteiger partial charge in [0, 0.05) is 38.8 Å². The number of aryl methyl sites for hydroxylation is 1. The molecule has 2 fully saturated rings. The molecular formula is C17H26N6. The highest BCUT2D eigenvalue weighted by molar-refractivity contribution is 5.57. The van der Waals surface area contributed by atoms with E-state index in [4.69, 9.17) is 0 Å². The molecule has 3 rings (SSSR count). The number of likely N-dealkylation sites (tertiary alicyclic amines) is 1. The van der Waals surface area contributed by atoms with E-state index in [0.717, 1.165) is 43.3 Å². The zero-order valence-corrected chi connectivity index (χ0v) is 14.4. The number of aromatic nitrogens is 2. The summed E-state index contributed by atoms with van der Waals surface area (Å²) < 4.78 is 0. The van der Waals surface area contributed by atoms with Crippen LogP contribution in [-0.2, 0) is 0 Å². The summed E-state index contributed by atoms with van der Waals surface area (Å²) in [4.78, 5) is 7.26. The average Bonchev–Trinajstić information content (AvgIpc) is 2.57. The molecule has 0 aliphatic carbocycles. The molecule has 6 nitrogen and oxygen atoms in total. The molecule has 1 atom stereocenters. The molecule has 0 amide bonds. The van der Waals surface area contributed by atoms with Gasteiger partial charge in [-0.1, -0.05) is 0 Å². The van der Waals surface area contributed by atoms with Crippen LogP contribution in [0.3, 0.4) is 0 Å². The SMILES string of the molecule is Cc1nnc(N2CCN(C3CCCN(C)C3)CC2)c(C#N)c1C. The summed E-state index contributed by atoms with van der Waals surface area (Å²) in [5.74, 6) is 0.760. The lowest BCUT2D eigenvalue weighted by atomic mass is 10.0. The first kappa shape index (κ1) is 16.2. The lowest BCUT2D eigenvalue weighted by Crippen LogP contribution is -2.54. The number of likely N-dealkylation sites (N-methyl/N-ethyl adjacent to an activating group) is 1. The highest BCUT2D eigenvalue weighted by atomic mass is 15.3. The van der Waals surface area contributed by atoms with Crippen molar-refractivity contribution in [3.63, 3.8) is 0 Å². The number of hydrogen-bond donors (Lipinski definition) is 0. The predicted octanol–water partition coefficient (Wildman–Crippen LogP) is 1.18. The summed E-state index contributed by atoms with van der Waals surface area (Å²) in [6.07, 6.45) is 2.60. The number of anilines is 1. The van der Waals surface area contributed by atoms with E-state index in [1.54, 1.807) is 0 Å². The molecular weight excluding hydrogens is 288 g/mol. The Hall–Kier alpha value is -1.71. The molecule has 6 heteroatoms. The van der Waals surface area contributed by atoms with Gasteiger partial charge in [-0.05, 0) is 45.8 Å². The van der Waals surface area contributed by atoms with Gasteiger partial charge in [-0.15, -0.1) is 5.10 Å². The minimum atomic E-state index is 0.678. The summed E-state index contributed by atoms with van der Waals surface area (Å²) in [5.41, 5.74) is 2.48. The van der Waals surface area contributed by atoms with Crippen LogP contribution >= 0.6 is 0 Å². The second-order valence-corrected chi connectivity index (χ2v) is 6.80. The summed E-state index contributed by atoms with van der Waals surface area (Å²) in [6, 6.07) is 3.00. The molecule has 0 spiro atoms. The van der Waals surface area contributed by atoms with Crippen molar-refractivity contribution in [2.75, 3.05) is 51.2 Å². The molecule has 1 aromatic rings. The van der Waals surface area contributed by atoms with Gasteiger partial charge in [-0.25, -0.2) is 0 Å². The Morgan fingerprint density at radius 2 is 1.83 bits per heavy atom. The van der Waals surface area contributed by atoms with E-state index in [0.29, 0.717) is 11.6 Å². The molecule has 3 heterocycles. The van der Waals surface area contributed by atoms with Gasteiger partial charge >= 0.3 is 0 Å². The van der Waals surface area contributed by atoms with E-state index in [2.05, 4.69) is 38.0 Å². The molecule has 2 aliphatic heterocycles. The smallest absolute Gasteiger partial charge is 0.169 e. The summed E-state index contributed by atoms with van der Waals surface area (Å²) in [6.45, 7) is 10.2. The van der Waals surface area contributed by atoms with Crippen LogP contribution < -0.4 is 4.90 Å². The molecule has 0 aromatic carbocycles. The second kappa shape index (κ2) is 6.81. The standard InChI is InChI=1S/C17H26N6/c1-13-14(2)19-20-17(16(13)11-18)23-9-7-22(8-10-23)15-5-4-6-21(3)12-15/h15H,4-10,12H2,1-3H3. The maximum Gasteiger partial charge on any atom is 0.169 e. The number of rotatable bonds is 2. The van der Waals surface area contributed by atoms with Gasteiger partial charge in [-0.2, -0.15) is 10.4 Å². The molecule has 0 N–H and O–H groups in total. The summed E-state index contributed by atoms with van der Waals surface area (Å²) >= 11 is 0. The molecule has 23 heavy (non-hydrogen) atoms. The Kier molecular flexibility index (Phi) is 4.79. The zero-order valence-electron chi connectivity index (χ0n) is 14.4. The second-order valence-electron chi connectivity index (χ2n) is 6.80. The molecule has 2 saturated heterocycles. The van der Waals surface area contributed by atoms with Crippen LogP contribution in [0.15, 0.2) is 0 Å². The number of nitrogens with zero attached hydrogens (tertiary/aromatic N) is 6. The first-order valence-corrected chi connectivity index (χ1v) is 8.51. The molecule has 0 radical (unpaired) electrons. The molecule has 2 aliphatic rings. The van der Waals surface area contributed by atoms with Crippen LogP contribution in [0, 0.1) is 25.2 Å². The first-order chi connectivity index (χ1) is 11.1. The van der Waals surface area contributed by atoms with Crippen molar-refractivity contribution in [2.24, 2.45) is 0 Å². The average molecular weight is 314 g/mol. The maximum absolute atomic E-state index is 9.48. The minimum Gasteiger partial charge on any atom is -0.351 e. The Labute approximate surface area is 138 Å².